The van der Waals surface area contributed by atoms with Crippen LogP contribution in [0.25, 0.3) is 0 Å². The first-order valence-electron chi connectivity index (χ1n) is 2.64. The first-order valence-corrected chi connectivity index (χ1v) is 2.64. The van der Waals surface area contributed by atoms with Crippen LogP contribution in [0, 0.1) is 20.8 Å². The molecule has 44 valence electrons. The number of imidazole rings is 1. The number of hydrogen-bond donors (Lipinski definition) is 0. The summed E-state index contributed by atoms with van der Waals surface area (Å²) in [7, 11) is 0. The van der Waals surface area contributed by atoms with E-state index in [4.69, 9.17) is 0 Å². The Morgan fingerprint density at radius 1 is 1.22 bits per heavy atom. The van der Waals surface area contributed by atoms with Crippen LogP contribution in [0.5, 0.6) is 0 Å². The molecule has 0 radical (unpaired) electrons. The molecule has 0 aliphatic heterocycles. The van der Waals surface area contributed by atoms with Crippen molar-refractivity contribution in [2.75, 3.05) is 0 Å². The van der Waals surface area contributed by atoms with Gasteiger partial charge in [-0.15, -0.1) is 0 Å². The van der Waals surface area contributed by atoms with Crippen LogP contribution in [0.15, 0.2) is 0 Å². The Morgan fingerprint density at radius 2 is 1.78 bits per heavy atom. The van der Waals surface area contributed by atoms with Crippen molar-refractivity contribution < 1.29 is 18.9 Å². The van der Waals surface area contributed by atoms with Gasteiger partial charge in [-0.25, -0.2) is 0 Å². The maximum atomic E-state index is 4.10. The zero-order valence-corrected chi connectivity index (χ0v) is 6.39. The molecule has 0 amide bonds. The molecule has 1 rings (SSSR count). The van der Waals surface area contributed by atoms with Gasteiger partial charge in [-0.2, -0.15) is 0 Å². The summed E-state index contributed by atoms with van der Waals surface area (Å²) in [5.41, 5.74) is 2.09. The maximum absolute atomic E-state index is 4.10. The van der Waals surface area contributed by atoms with Crippen LogP contribution in [-0.4, -0.2) is 4.98 Å². The van der Waals surface area contributed by atoms with E-state index in [0.29, 0.717) is 0 Å². The summed E-state index contributed by atoms with van der Waals surface area (Å²) < 4.78 is 0. The van der Waals surface area contributed by atoms with Crippen LogP contribution < -0.4 is 23.8 Å². The molecule has 0 unspecified atom stereocenters. The molecule has 1 aromatic heterocycles. The van der Waals surface area contributed by atoms with Gasteiger partial charge in [-0.1, -0.05) is 17.2 Å². The van der Waals surface area contributed by atoms with E-state index in [1.165, 1.54) is 0 Å². The van der Waals surface area contributed by atoms with Gasteiger partial charge in [-0.05, 0) is 20.8 Å². The quantitative estimate of drug-likeness (QED) is 0.365. The molecule has 9 heavy (non-hydrogen) atoms. The average Bonchev–Trinajstić information content (AvgIpc) is 1.85. The summed E-state index contributed by atoms with van der Waals surface area (Å²) in [5, 5.41) is 0. The molecule has 2 nitrogen and oxygen atoms in total. The van der Waals surface area contributed by atoms with Crippen LogP contribution in [0.3, 0.4) is 0 Å². The fourth-order valence-electron chi connectivity index (χ4n) is 0.672. The second-order valence-corrected chi connectivity index (χ2v) is 1.94. The van der Waals surface area contributed by atoms with Gasteiger partial charge in [0.2, 0.25) is 0 Å². The molecular weight excluding hydrogens is 107 g/mol. The summed E-state index contributed by atoms with van der Waals surface area (Å²) in [4.78, 5) is 8.20. The minimum atomic E-state index is 0. The Bertz CT molecular complexity index is 173. The van der Waals surface area contributed by atoms with E-state index in [-0.39, 0.29) is 18.9 Å². The molecule has 0 saturated carbocycles. The second-order valence-electron chi connectivity index (χ2n) is 1.94. The van der Waals surface area contributed by atoms with Gasteiger partial charge in [0.25, 0.3) is 0 Å². The third kappa shape index (κ3) is 1.89. The Kier molecular flexibility index (Phi) is 3.03. The van der Waals surface area contributed by atoms with Gasteiger partial charge in [0.15, 0.2) is 0 Å². The molecule has 0 bridgehead atoms. The standard InChI is InChI=1S/C6H9N2.Li/c1-4-5(2)8-6(3)7-4;/h1-3H3;/q-1;+1. The average molecular weight is 116 g/mol. The minimum absolute atomic E-state index is 0. The summed E-state index contributed by atoms with van der Waals surface area (Å²) in [6, 6.07) is 0. The monoisotopic (exact) mass is 116 g/mol. The van der Waals surface area contributed by atoms with Crippen LogP contribution in [0.2, 0.25) is 0 Å². The summed E-state index contributed by atoms with van der Waals surface area (Å²) in [6.07, 6.45) is 0. The summed E-state index contributed by atoms with van der Waals surface area (Å²) >= 11 is 0. The van der Waals surface area contributed by atoms with Gasteiger partial charge in [-0.3, -0.25) is 0 Å². The molecule has 0 N–H and O–H groups in total. The van der Waals surface area contributed by atoms with Crippen molar-refractivity contribution in [2.24, 2.45) is 0 Å². The van der Waals surface area contributed by atoms with Crippen molar-refractivity contribution in [3.63, 3.8) is 0 Å². The molecule has 0 aliphatic rings. The second kappa shape index (κ2) is 3.10. The molecule has 0 saturated heterocycles. The molecule has 1 heterocycles. The van der Waals surface area contributed by atoms with Crippen molar-refractivity contribution in [2.45, 2.75) is 20.8 Å². The molecule has 0 aliphatic carbocycles. The van der Waals surface area contributed by atoms with Crippen LogP contribution in [0.4, 0.5) is 0 Å². The van der Waals surface area contributed by atoms with Gasteiger partial charge in [0.1, 0.15) is 0 Å². The molecule has 1 aromatic rings. The smallest absolute Gasteiger partial charge is 0.444 e. The molecule has 0 atom stereocenters. The van der Waals surface area contributed by atoms with Gasteiger partial charge in [0, 0.05) is 0 Å². The van der Waals surface area contributed by atoms with E-state index in [0.717, 1.165) is 17.2 Å². The Labute approximate surface area is 67.3 Å². The first-order chi connectivity index (χ1) is 3.70. The third-order valence-corrected chi connectivity index (χ3v) is 1.18. The fourth-order valence-corrected chi connectivity index (χ4v) is 0.672. The van der Waals surface area contributed by atoms with Crippen molar-refractivity contribution in [3.8, 4) is 0 Å². The maximum Gasteiger partial charge on any atom is 1.00 e. The third-order valence-electron chi connectivity index (χ3n) is 1.18. The van der Waals surface area contributed by atoms with Gasteiger partial charge < -0.3 is 9.97 Å². The molecule has 0 fully saturated rings. The Balaban J connectivity index is 0.000000640. The van der Waals surface area contributed by atoms with Gasteiger partial charge in [0.05, 0.1) is 0 Å². The van der Waals surface area contributed by atoms with Gasteiger partial charge >= 0.3 is 18.9 Å². The fraction of sp³-hybridized carbons (Fsp3) is 0.500. The Hall–Kier alpha value is -0.193. The van der Waals surface area contributed by atoms with Crippen molar-refractivity contribution in [1.29, 1.82) is 0 Å². The topological polar surface area (TPSA) is 27.0 Å². The molecule has 3 heteroatoms. The van der Waals surface area contributed by atoms with E-state index in [1.807, 2.05) is 20.8 Å². The van der Waals surface area contributed by atoms with E-state index in [9.17, 15) is 0 Å². The van der Waals surface area contributed by atoms with E-state index < -0.39 is 0 Å². The zero-order valence-electron chi connectivity index (χ0n) is 6.39. The summed E-state index contributed by atoms with van der Waals surface area (Å²) in [6.45, 7) is 5.84. The SMILES string of the molecule is Cc1nc(C)c(C)[n-]1.[Li+]. The largest absolute Gasteiger partial charge is 1.00 e. The predicted octanol–water partition coefficient (Wildman–Crippen LogP) is -2.03. The number of hydrogen-bond acceptors (Lipinski definition) is 1. The summed E-state index contributed by atoms with van der Waals surface area (Å²) in [5.74, 6) is 0.875. The van der Waals surface area contributed by atoms with Crippen LogP contribution in [0.1, 0.15) is 17.2 Å². The first kappa shape index (κ1) is 8.81. The van der Waals surface area contributed by atoms with E-state index in [2.05, 4.69) is 9.97 Å². The van der Waals surface area contributed by atoms with Crippen molar-refractivity contribution >= 4 is 0 Å². The van der Waals surface area contributed by atoms with Crippen LogP contribution in [-0.2, 0) is 0 Å². The minimum Gasteiger partial charge on any atom is -0.444 e. The zero-order chi connectivity index (χ0) is 6.15. The normalized spacial score (nSPS) is 8.78. The molecular formula is C6H9LiN2. The van der Waals surface area contributed by atoms with Crippen LogP contribution >= 0.6 is 0 Å². The molecule has 0 aromatic carbocycles. The Morgan fingerprint density at radius 3 is 1.89 bits per heavy atom. The number of aromatic nitrogens is 2. The number of aryl methyl sites for hydroxylation is 3. The molecule has 0 spiro atoms. The van der Waals surface area contributed by atoms with E-state index in [1.54, 1.807) is 0 Å². The van der Waals surface area contributed by atoms with E-state index >= 15 is 0 Å². The number of rotatable bonds is 0. The van der Waals surface area contributed by atoms with Crippen molar-refractivity contribution in [1.82, 2.24) is 9.97 Å². The predicted molar refractivity (Wildman–Crippen MR) is 31.8 cm³/mol. The van der Waals surface area contributed by atoms with Crippen molar-refractivity contribution in [3.05, 3.63) is 17.2 Å². The number of nitrogens with zero attached hydrogens (tertiary/aromatic N) is 2.